The molecule has 5 nitrogen and oxygen atoms in total. The Morgan fingerprint density at radius 2 is 2.38 bits per heavy atom. The summed E-state index contributed by atoms with van der Waals surface area (Å²) >= 11 is 0. The second-order valence-electron chi connectivity index (χ2n) is 4.56. The second-order valence-corrected chi connectivity index (χ2v) is 4.56. The van der Waals surface area contributed by atoms with Crippen LogP contribution in [0.3, 0.4) is 0 Å². The topological polar surface area (TPSA) is 67.2 Å². The highest BCUT2D eigenvalue weighted by molar-refractivity contribution is 5.74. The minimum atomic E-state index is -0.809. The zero-order chi connectivity index (χ0) is 11.9. The zero-order valence-electron chi connectivity index (χ0n) is 9.77. The summed E-state index contributed by atoms with van der Waals surface area (Å²) in [6.45, 7) is 6.17. The predicted molar refractivity (Wildman–Crippen MR) is 59.3 cm³/mol. The van der Waals surface area contributed by atoms with E-state index in [1.54, 1.807) is 6.33 Å². The highest BCUT2D eigenvalue weighted by Gasteiger charge is 2.31. The summed E-state index contributed by atoms with van der Waals surface area (Å²) in [5.41, 5.74) is 2.03. The van der Waals surface area contributed by atoms with Crippen molar-refractivity contribution < 1.29 is 9.90 Å². The molecule has 0 aliphatic carbocycles. The number of aliphatic carboxylic acids is 1. The van der Waals surface area contributed by atoms with Crippen molar-refractivity contribution in [3.05, 3.63) is 17.7 Å². The van der Waals surface area contributed by atoms with Crippen molar-refractivity contribution in [3.63, 3.8) is 0 Å². The molecule has 1 aliphatic heterocycles. The molecule has 0 fully saturated rings. The number of fused-ring (bicyclic) bond motifs is 1. The molecule has 16 heavy (non-hydrogen) atoms. The lowest BCUT2D eigenvalue weighted by Gasteiger charge is -2.28. The fraction of sp³-hybridized carbons (Fsp3) is 0.636. The van der Waals surface area contributed by atoms with Gasteiger partial charge >= 0.3 is 5.97 Å². The van der Waals surface area contributed by atoms with Gasteiger partial charge < -0.3 is 9.67 Å². The SMILES string of the molecule is CC1N[C@@H](C(=O)O)Cc2ncn(C(C)C)c21. The highest BCUT2D eigenvalue weighted by Crippen LogP contribution is 2.26. The van der Waals surface area contributed by atoms with Gasteiger partial charge in [-0.1, -0.05) is 0 Å². The molecule has 0 spiro atoms. The van der Waals surface area contributed by atoms with Crippen LogP contribution in [0, 0.1) is 0 Å². The van der Waals surface area contributed by atoms with E-state index in [1.807, 2.05) is 6.92 Å². The molecule has 1 unspecified atom stereocenters. The van der Waals surface area contributed by atoms with Crippen LogP contribution < -0.4 is 5.32 Å². The molecule has 2 rings (SSSR count). The zero-order valence-corrected chi connectivity index (χ0v) is 9.77. The molecule has 88 valence electrons. The molecular formula is C11H17N3O2. The Balaban J connectivity index is 2.36. The first-order chi connectivity index (χ1) is 7.50. The van der Waals surface area contributed by atoms with Crippen LogP contribution >= 0.6 is 0 Å². The smallest absolute Gasteiger partial charge is 0.321 e. The van der Waals surface area contributed by atoms with Crippen molar-refractivity contribution in [2.24, 2.45) is 0 Å². The van der Waals surface area contributed by atoms with E-state index in [2.05, 4.69) is 28.7 Å². The number of carboxylic acid groups (broad SMARTS) is 1. The number of aromatic nitrogens is 2. The average Bonchev–Trinajstić information content (AvgIpc) is 2.61. The summed E-state index contributed by atoms with van der Waals surface area (Å²) in [4.78, 5) is 15.3. The van der Waals surface area contributed by atoms with Crippen LogP contribution in [0.2, 0.25) is 0 Å². The molecule has 0 bridgehead atoms. The Hall–Kier alpha value is -1.36. The maximum Gasteiger partial charge on any atom is 0.321 e. The van der Waals surface area contributed by atoms with E-state index in [4.69, 9.17) is 5.11 Å². The van der Waals surface area contributed by atoms with Gasteiger partial charge in [0, 0.05) is 18.5 Å². The van der Waals surface area contributed by atoms with Gasteiger partial charge in [-0.25, -0.2) is 4.98 Å². The lowest BCUT2D eigenvalue weighted by Crippen LogP contribution is -2.44. The van der Waals surface area contributed by atoms with E-state index in [9.17, 15) is 4.79 Å². The molecule has 2 N–H and O–H groups in total. The van der Waals surface area contributed by atoms with E-state index in [-0.39, 0.29) is 6.04 Å². The molecule has 5 heteroatoms. The van der Waals surface area contributed by atoms with Crippen molar-refractivity contribution in [1.29, 1.82) is 0 Å². The van der Waals surface area contributed by atoms with Crippen LogP contribution in [0.5, 0.6) is 0 Å². The van der Waals surface area contributed by atoms with Crippen LogP contribution in [0.25, 0.3) is 0 Å². The Morgan fingerprint density at radius 3 is 2.94 bits per heavy atom. The molecule has 1 aliphatic rings. The van der Waals surface area contributed by atoms with Gasteiger partial charge in [0.05, 0.1) is 17.7 Å². The van der Waals surface area contributed by atoms with Gasteiger partial charge in [0.25, 0.3) is 0 Å². The summed E-state index contributed by atoms with van der Waals surface area (Å²) in [6.07, 6.45) is 2.27. The maximum atomic E-state index is 11.0. The Labute approximate surface area is 94.5 Å². The Bertz CT molecular complexity index is 411. The molecule has 0 aromatic carbocycles. The Kier molecular flexibility index (Phi) is 2.71. The average molecular weight is 223 g/mol. The van der Waals surface area contributed by atoms with Crippen molar-refractivity contribution in [1.82, 2.24) is 14.9 Å². The first-order valence-electron chi connectivity index (χ1n) is 5.55. The molecule has 0 radical (unpaired) electrons. The lowest BCUT2D eigenvalue weighted by atomic mass is 10.00. The van der Waals surface area contributed by atoms with Gasteiger partial charge in [-0.05, 0) is 20.8 Å². The van der Waals surface area contributed by atoms with Gasteiger partial charge in [0.2, 0.25) is 0 Å². The van der Waals surface area contributed by atoms with Crippen LogP contribution in [0.4, 0.5) is 0 Å². The number of carboxylic acids is 1. The van der Waals surface area contributed by atoms with E-state index in [0.717, 1.165) is 11.4 Å². The maximum absolute atomic E-state index is 11.0. The molecular weight excluding hydrogens is 206 g/mol. The van der Waals surface area contributed by atoms with E-state index < -0.39 is 12.0 Å². The van der Waals surface area contributed by atoms with Gasteiger partial charge in [-0.2, -0.15) is 0 Å². The van der Waals surface area contributed by atoms with Crippen molar-refractivity contribution in [3.8, 4) is 0 Å². The minimum absolute atomic E-state index is 0.0368. The molecule has 0 amide bonds. The van der Waals surface area contributed by atoms with Crippen LogP contribution in [0.15, 0.2) is 6.33 Å². The third kappa shape index (κ3) is 1.71. The lowest BCUT2D eigenvalue weighted by molar-refractivity contribution is -0.139. The summed E-state index contributed by atoms with van der Waals surface area (Å²) in [5.74, 6) is -0.809. The monoisotopic (exact) mass is 223 g/mol. The number of nitrogens with one attached hydrogen (secondary N) is 1. The van der Waals surface area contributed by atoms with Gasteiger partial charge in [-0.15, -0.1) is 0 Å². The number of hydrogen-bond acceptors (Lipinski definition) is 3. The van der Waals surface area contributed by atoms with E-state index in [1.165, 1.54) is 0 Å². The minimum Gasteiger partial charge on any atom is -0.480 e. The summed E-state index contributed by atoms with van der Waals surface area (Å²) < 4.78 is 2.10. The Morgan fingerprint density at radius 1 is 1.69 bits per heavy atom. The quantitative estimate of drug-likeness (QED) is 0.788. The largest absolute Gasteiger partial charge is 0.480 e. The number of rotatable bonds is 2. The van der Waals surface area contributed by atoms with Gasteiger partial charge in [0.15, 0.2) is 0 Å². The number of nitrogens with zero attached hydrogens (tertiary/aromatic N) is 2. The van der Waals surface area contributed by atoms with Crippen LogP contribution in [-0.2, 0) is 11.2 Å². The molecule has 1 aromatic rings. The highest BCUT2D eigenvalue weighted by atomic mass is 16.4. The third-order valence-corrected chi connectivity index (χ3v) is 3.03. The van der Waals surface area contributed by atoms with Gasteiger partial charge in [-0.3, -0.25) is 10.1 Å². The number of imidazole rings is 1. The molecule has 2 heterocycles. The van der Waals surface area contributed by atoms with Crippen molar-refractivity contribution in [2.45, 2.75) is 45.3 Å². The van der Waals surface area contributed by atoms with Crippen LogP contribution in [0.1, 0.15) is 44.2 Å². The fourth-order valence-corrected chi connectivity index (χ4v) is 2.24. The normalized spacial score (nSPS) is 24.5. The molecule has 0 saturated heterocycles. The summed E-state index contributed by atoms with van der Waals surface area (Å²) in [7, 11) is 0. The van der Waals surface area contributed by atoms with Gasteiger partial charge in [0.1, 0.15) is 6.04 Å². The summed E-state index contributed by atoms with van der Waals surface area (Å²) in [5, 5.41) is 12.1. The van der Waals surface area contributed by atoms with E-state index in [0.29, 0.717) is 12.5 Å². The first kappa shape index (κ1) is 11.1. The van der Waals surface area contributed by atoms with Crippen molar-refractivity contribution >= 4 is 5.97 Å². The molecule has 1 aromatic heterocycles. The predicted octanol–water partition coefficient (Wildman–Crippen LogP) is 1.12. The van der Waals surface area contributed by atoms with Crippen molar-refractivity contribution in [2.75, 3.05) is 0 Å². The second kappa shape index (κ2) is 3.90. The molecule has 0 saturated carbocycles. The van der Waals surface area contributed by atoms with Crippen LogP contribution in [-0.4, -0.2) is 26.7 Å². The summed E-state index contributed by atoms with van der Waals surface area (Å²) in [6, 6.07) is -0.130. The van der Waals surface area contributed by atoms with E-state index >= 15 is 0 Å². The molecule has 2 atom stereocenters. The number of carbonyl (C=O) groups is 1. The standard InChI is InChI=1S/C11H17N3O2/c1-6(2)14-5-12-8-4-9(11(15)16)13-7(3)10(8)14/h5-7,9,13H,4H2,1-3H3,(H,15,16)/t7?,9-/m1/s1. The number of hydrogen-bond donors (Lipinski definition) is 2. The first-order valence-corrected chi connectivity index (χ1v) is 5.55. The third-order valence-electron chi connectivity index (χ3n) is 3.03. The fourth-order valence-electron chi connectivity index (χ4n) is 2.24.